The van der Waals surface area contributed by atoms with Gasteiger partial charge in [-0.3, -0.25) is 14.3 Å². The van der Waals surface area contributed by atoms with E-state index in [0.717, 1.165) is 5.69 Å². The van der Waals surface area contributed by atoms with Crippen LogP contribution in [0.25, 0.3) is 0 Å². The lowest BCUT2D eigenvalue weighted by Gasteiger charge is -2.34. The highest BCUT2D eigenvalue weighted by Gasteiger charge is 2.24. The van der Waals surface area contributed by atoms with Gasteiger partial charge in [0, 0.05) is 51.5 Å². The van der Waals surface area contributed by atoms with Gasteiger partial charge in [-0.2, -0.15) is 5.10 Å². The van der Waals surface area contributed by atoms with E-state index in [1.165, 1.54) is 0 Å². The topological polar surface area (TPSA) is 74.2 Å². The second kappa shape index (κ2) is 6.68. The summed E-state index contributed by atoms with van der Waals surface area (Å²) < 4.78 is 1.79. The normalized spacial score (nSPS) is 15.0. The van der Waals surface area contributed by atoms with Crippen LogP contribution in [0.3, 0.4) is 0 Å². The molecule has 1 N–H and O–H groups in total. The van der Waals surface area contributed by atoms with Crippen molar-refractivity contribution in [3.8, 4) is 0 Å². The third kappa shape index (κ3) is 3.61. The van der Waals surface area contributed by atoms with Crippen molar-refractivity contribution in [3.63, 3.8) is 0 Å². The Hall–Kier alpha value is -2.57. The Balaban J connectivity index is 1.46. The molecule has 0 bridgehead atoms. The van der Waals surface area contributed by atoms with E-state index < -0.39 is 0 Å². The summed E-state index contributed by atoms with van der Waals surface area (Å²) in [5.41, 5.74) is 1.55. The molecule has 7 heteroatoms. The van der Waals surface area contributed by atoms with E-state index in [4.69, 9.17) is 0 Å². The Morgan fingerprint density at radius 2 is 1.91 bits per heavy atom. The molecule has 0 saturated carbocycles. The van der Waals surface area contributed by atoms with Crippen molar-refractivity contribution in [2.45, 2.75) is 19.9 Å². The fourth-order valence-corrected chi connectivity index (χ4v) is 2.75. The van der Waals surface area contributed by atoms with Gasteiger partial charge in [-0.25, -0.2) is 0 Å². The second-order valence-electron chi connectivity index (χ2n) is 5.73. The van der Waals surface area contributed by atoms with Crippen molar-refractivity contribution in [2.75, 3.05) is 26.2 Å². The number of aromatic amines is 1. The molecule has 1 aliphatic heterocycles. The zero-order chi connectivity index (χ0) is 16.2. The molecular weight excluding hydrogens is 294 g/mol. The number of aromatic nitrogens is 3. The molecule has 3 heterocycles. The quantitative estimate of drug-likeness (QED) is 0.911. The third-order valence-corrected chi connectivity index (χ3v) is 4.08. The van der Waals surface area contributed by atoms with Crippen molar-refractivity contribution >= 4 is 11.8 Å². The highest BCUT2D eigenvalue weighted by atomic mass is 16.2. The number of amides is 2. The van der Waals surface area contributed by atoms with E-state index >= 15 is 0 Å². The number of H-pyrrole nitrogens is 1. The number of hydrogen-bond acceptors (Lipinski definition) is 3. The lowest BCUT2D eigenvalue weighted by atomic mass is 10.2. The maximum atomic E-state index is 12.3. The summed E-state index contributed by atoms with van der Waals surface area (Å²) in [6, 6.07) is 5.51. The van der Waals surface area contributed by atoms with Crippen LogP contribution < -0.4 is 0 Å². The molecule has 0 aliphatic carbocycles. The van der Waals surface area contributed by atoms with Crippen molar-refractivity contribution in [1.82, 2.24) is 24.6 Å². The summed E-state index contributed by atoms with van der Waals surface area (Å²) >= 11 is 0. The molecule has 0 unspecified atom stereocenters. The number of carbonyl (C=O) groups is 2. The van der Waals surface area contributed by atoms with E-state index in [2.05, 4.69) is 10.1 Å². The molecule has 1 fully saturated rings. The zero-order valence-electron chi connectivity index (χ0n) is 13.2. The molecule has 0 radical (unpaired) electrons. The minimum Gasteiger partial charge on any atom is -0.357 e. The summed E-state index contributed by atoms with van der Waals surface area (Å²) in [5.74, 6) is 0.110. The van der Waals surface area contributed by atoms with Gasteiger partial charge in [0.1, 0.15) is 5.69 Å². The lowest BCUT2D eigenvalue weighted by Crippen LogP contribution is -2.50. The van der Waals surface area contributed by atoms with Crippen LogP contribution in [0.15, 0.2) is 30.6 Å². The van der Waals surface area contributed by atoms with E-state index in [1.807, 2.05) is 30.2 Å². The van der Waals surface area contributed by atoms with Crippen LogP contribution in [0, 0.1) is 6.92 Å². The molecule has 1 aliphatic rings. The van der Waals surface area contributed by atoms with Crippen LogP contribution in [0.2, 0.25) is 0 Å². The van der Waals surface area contributed by atoms with Gasteiger partial charge in [0.2, 0.25) is 5.91 Å². The molecule has 23 heavy (non-hydrogen) atoms. The maximum Gasteiger partial charge on any atom is 0.270 e. The predicted molar refractivity (Wildman–Crippen MR) is 84.9 cm³/mol. The van der Waals surface area contributed by atoms with Crippen molar-refractivity contribution in [1.29, 1.82) is 0 Å². The average molecular weight is 315 g/mol. The van der Waals surface area contributed by atoms with Crippen LogP contribution in [0.4, 0.5) is 0 Å². The summed E-state index contributed by atoms with van der Waals surface area (Å²) in [7, 11) is 0. The molecule has 3 rings (SSSR count). The minimum absolute atomic E-state index is 0.00545. The molecule has 2 aromatic heterocycles. The molecule has 1 saturated heterocycles. The second-order valence-corrected chi connectivity index (χ2v) is 5.73. The van der Waals surface area contributed by atoms with Crippen molar-refractivity contribution in [2.24, 2.45) is 0 Å². The molecule has 0 atom stereocenters. The largest absolute Gasteiger partial charge is 0.357 e. The van der Waals surface area contributed by atoms with Gasteiger partial charge in [0.15, 0.2) is 0 Å². The third-order valence-electron chi connectivity index (χ3n) is 4.08. The monoisotopic (exact) mass is 315 g/mol. The first-order valence-corrected chi connectivity index (χ1v) is 7.84. The lowest BCUT2D eigenvalue weighted by molar-refractivity contribution is -0.132. The fraction of sp³-hybridized carbons (Fsp3) is 0.438. The van der Waals surface area contributed by atoms with Crippen LogP contribution >= 0.6 is 0 Å². The van der Waals surface area contributed by atoms with Gasteiger partial charge >= 0.3 is 0 Å². The van der Waals surface area contributed by atoms with Crippen molar-refractivity contribution in [3.05, 3.63) is 42.0 Å². The highest BCUT2D eigenvalue weighted by Crippen LogP contribution is 2.09. The summed E-state index contributed by atoms with van der Waals surface area (Å²) in [6.07, 6.45) is 4.06. The van der Waals surface area contributed by atoms with Crippen LogP contribution in [0.5, 0.6) is 0 Å². The Labute approximate surface area is 134 Å². The SMILES string of the molecule is Cc1ccn(CCC(=O)N2CCN(C(=O)c3ccc[nH]3)CC2)n1. The standard InChI is InChI=1S/C16H21N5O2/c1-13-4-7-21(18-13)8-5-15(22)19-9-11-20(12-10-19)16(23)14-3-2-6-17-14/h2-4,6-7,17H,5,8-12H2,1H3. The Bertz CT molecular complexity index is 668. The zero-order valence-corrected chi connectivity index (χ0v) is 13.2. The smallest absolute Gasteiger partial charge is 0.270 e. The van der Waals surface area contributed by atoms with Crippen LogP contribution in [-0.2, 0) is 11.3 Å². The van der Waals surface area contributed by atoms with Gasteiger partial charge in [-0.15, -0.1) is 0 Å². The number of nitrogens with one attached hydrogen (secondary N) is 1. The number of hydrogen-bond donors (Lipinski definition) is 1. The van der Waals surface area contributed by atoms with Gasteiger partial charge in [0.25, 0.3) is 5.91 Å². The van der Waals surface area contributed by atoms with Crippen molar-refractivity contribution < 1.29 is 9.59 Å². The molecule has 2 aromatic rings. The van der Waals surface area contributed by atoms with Gasteiger partial charge in [0.05, 0.1) is 5.69 Å². The highest BCUT2D eigenvalue weighted by molar-refractivity contribution is 5.92. The summed E-state index contributed by atoms with van der Waals surface area (Å²) in [5, 5.41) is 4.28. The Kier molecular flexibility index (Phi) is 4.45. The number of aryl methyl sites for hydroxylation is 2. The minimum atomic E-state index is -0.00545. The summed E-state index contributed by atoms with van der Waals surface area (Å²) in [6.45, 7) is 4.84. The van der Waals surface area contributed by atoms with Gasteiger partial charge < -0.3 is 14.8 Å². The first kappa shape index (κ1) is 15.3. The average Bonchev–Trinajstić information content (AvgIpc) is 3.24. The van der Waals surface area contributed by atoms with Crippen LogP contribution in [0.1, 0.15) is 22.6 Å². The molecule has 122 valence electrons. The van der Waals surface area contributed by atoms with Crippen LogP contribution in [-0.4, -0.2) is 62.6 Å². The first-order valence-electron chi connectivity index (χ1n) is 7.84. The van der Waals surface area contributed by atoms with E-state index in [9.17, 15) is 9.59 Å². The number of rotatable bonds is 4. The number of nitrogens with zero attached hydrogens (tertiary/aromatic N) is 4. The number of piperazine rings is 1. The Morgan fingerprint density at radius 3 is 2.52 bits per heavy atom. The van der Waals surface area contributed by atoms with E-state index in [1.54, 1.807) is 21.8 Å². The summed E-state index contributed by atoms with van der Waals surface area (Å²) in [4.78, 5) is 31.0. The molecule has 7 nitrogen and oxygen atoms in total. The number of carbonyl (C=O) groups excluding carboxylic acids is 2. The molecule has 0 spiro atoms. The Morgan fingerprint density at radius 1 is 1.17 bits per heavy atom. The predicted octanol–water partition coefficient (Wildman–Crippen LogP) is 0.894. The molecule has 0 aromatic carbocycles. The first-order chi connectivity index (χ1) is 11.1. The molecule has 2 amide bonds. The van der Waals surface area contributed by atoms with E-state index in [-0.39, 0.29) is 11.8 Å². The van der Waals surface area contributed by atoms with Gasteiger partial charge in [-0.05, 0) is 25.1 Å². The maximum absolute atomic E-state index is 12.3. The van der Waals surface area contributed by atoms with E-state index in [0.29, 0.717) is 44.8 Å². The van der Waals surface area contributed by atoms with Gasteiger partial charge in [-0.1, -0.05) is 0 Å². The fourth-order valence-electron chi connectivity index (χ4n) is 2.75. The molecular formula is C16H21N5O2.